The van der Waals surface area contributed by atoms with Crippen molar-refractivity contribution in [1.29, 1.82) is 0 Å². The summed E-state index contributed by atoms with van der Waals surface area (Å²) in [5.41, 5.74) is 2.93. The number of rotatable bonds is 1. The highest BCUT2D eigenvalue weighted by atomic mass is 79.9. The molecule has 0 amide bonds. The summed E-state index contributed by atoms with van der Waals surface area (Å²) in [6, 6.07) is 7.25. The second kappa shape index (κ2) is 5.48. The number of nitrogens with zero attached hydrogens (tertiary/aromatic N) is 3. The smallest absolute Gasteiger partial charge is 0.121 e. The maximum atomic E-state index is 10.3. The SMILES string of the molecule is CN(C)C1=NC(c2cccnc2)c2c(O)ccc(Br)c2C1. The van der Waals surface area contributed by atoms with Gasteiger partial charge in [-0.1, -0.05) is 22.0 Å². The third kappa shape index (κ3) is 2.53. The molecular formula is C16H16BrN3O. The van der Waals surface area contributed by atoms with Crippen molar-refractivity contribution in [3.63, 3.8) is 0 Å². The molecule has 4 nitrogen and oxygen atoms in total. The minimum absolute atomic E-state index is 0.225. The van der Waals surface area contributed by atoms with Crippen LogP contribution in [0.15, 0.2) is 46.1 Å². The number of aromatic nitrogens is 1. The summed E-state index contributed by atoms with van der Waals surface area (Å²) in [6.45, 7) is 0. The zero-order chi connectivity index (χ0) is 15.0. The molecule has 1 aliphatic heterocycles. The standard InChI is InChI=1S/C16H16BrN3O/c1-20(2)14-8-11-12(17)5-6-13(21)15(11)16(19-14)10-4-3-7-18-9-10/h3-7,9,16,21H,8H2,1-2H3. The second-order valence-electron chi connectivity index (χ2n) is 5.26. The van der Waals surface area contributed by atoms with Gasteiger partial charge in [-0.2, -0.15) is 0 Å². The Morgan fingerprint density at radius 1 is 1.29 bits per heavy atom. The summed E-state index contributed by atoms with van der Waals surface area (Å²) in [5.74, 6) is 1.27. The van der Waals surface area contributed by atoms with Crippen molar-refractivity contribution >= 4 is 21.8 Å². The molecule has 0 saturated heterocycles. The Kier molecular flexibility index (Phi) is 3.68. The molecule has 0 fully saturated rings. The number of likely N-dealkylation sites (N-methyl/N-ethyl adjacent to an activating group) is 1. The molecule has 0 bridgehead atoms. The fourth-order valence-electron chi connectivity index (χ4n) is 2.58. The molecule has 3 rings (SSSR count). The number of aromatic hydroxyl groups is 1. The van der Waals surface area contributed by atoms with Crippen molar-refractivity contribution in [1.82, 2.24) is 9.88 Å². The molecule has 1 aromatic carbocycles. The van der Waals surface area contributed by atoms with E-state index in [-0.39, 0.29) is 11.8 Å². The number of pyridine rings is 1. The summed E-state index contributed by atoms with van der Waals surface area (Å²) in [7, 11) is 3.97. The number of aliphatic imine (C=N–C) groups is 1. The Hall–Kier alpha value is -1.88. The lowest BCUT2D eigenvalue weighted by Gasteiger charge is -2.28. The lowest BCUT2D eigenvalue weighted by molar-refractivity contribution is 0.462. The molecule has 0 aliphatic carbocycles. The third-order valence-corrected chi connectivity index (χ3v) is 4.42. The number of halogens is 1. The summed E-state index contributed by atoms with van der Waals surface area (Å²) in [6.07, 6.45) is 4.25. The molecule has 1 aliphatic rings. The quantitative estimate of drug-likeness (QED) is 0.863. The third-order valence-electron chi connectivity index (χ3n) is 3.68. The van der Waals surface area contributed by atoms with E-state index in [0.717, 1.165) is 27.0 Å². The first-order valence-corrected chi connectivity index (χ1v) is 7.51. The maximum Gasteiger partial charge on any atom is 0.121 e. The van der Waals surface area contributed by atoms with Crippen molar-refractivity contribution in [3.05, 3.63) is 57.8 Å². The summed E-state index contributed by atoms with van der Waals surface area (Å²) in [4.78, 5) is 11.0. The molecule has 2 aromatic rings. The normalized spacial score (nSPS) is 17.1. The van der Waals surface area contributed by atoms with Gasteiger partial charge in [-0.15, -0.1) is 0 Å². The van der Waals surface area contributed by atoms with E-state index in [1.807, 2.05) is 37.2 Å². The van der Waals surface area contributed by atoms with Crippen molar-refractivity contribution in [2.75, 3.05) is 14.1 Å². The number of fused-ring (bicyclic) bond motifs is 1. The van der Waals surface area contributed by atoms with E-state index in [9.17, 15) is 5.11 Å². The van der Waals surface area contributed by atoms with Gasteiger partial charge in [-0.3, -0.25) is 9.98 Å². The Bertz CT molecular complexity index is 698. The topological polar surface area (TPSA) is 48.7 Å². The molecule has 0 radical (unpaired) electrons. The molecule has 1 N–H and O–H groups in total. The van der Waals surface area contributed by atoms with Crippen molar-refractivity contribution < 1.29 is 5.11 Å². The molecule has 21 heavy (non-hydrogen) atoms. The monoisotopic (exact) mass is 345 g/mol. The van der Waals surface area contributed by atoms with Crippen LogP contribution in [0, 0.1) is 0 Å². The van der Waals surface area contributed by atoms with Gasteiger partial charge in [0.05, 0.1) is 0 Å². The van der Waals surface area contributed by atoms with Crippen LogP contribution < -0.4 is 0 Å². The van der Waals surface area contributed by atoms with Gasteiger partial charge < -0.3 is 10.0 Å². The summed E-state index contributed by atoms with van der Waals surface area (Å²) in [5, 5.41) is 10.3. The van der Waals surface area contributed by atoms with Gasteiger partial charge in [0.2, 0.25) is 0 Å². The molecule has 2 heterocycles. The van der Waals surface area contributed by atoms with Crippen LogP contribution in [0.3, 0.4) is 0 Å². The van der Waals surface area contributed by atoms with E-state index >= 15 is 0 Å². The predicted molar refractivity (Wildman–Crippen MR) is 86.7 cm³/mol. The van der Waals surface area contributed by atoms with Gasteiger partial charge in [-0.05, 0) is 29.3 Å². The van der Waals surface area contributed by atoms with Gasteiger partial charge in [0, 0.05) is 42.9 Å². The molecule has 1 atom stereocenters. The fraction of sp³-hybridized carbons (Fsp3) is 0.250. The largest absolute Gasteiger partial charge is 0.508 e. The molecule has 0 spiro atoms. The summed E-state index contributed by atoms with van der Waals surface area (Å²) < 4.78 is 0.999. The van der Waals surface area contributed by atoms with Gasteiger partial charge in [0.1, 0.15) is 17.6 Å². The Labute approximate surface area is 132 Å². The molecule has 1 unspecified atom stereocenters. The van der Waals surface area contributed by atoms with Gasteiger partial charge in [0.25, 0.3) is 0 Å². The molecule has 0 saturated carbocycles. The highest BCUT2D eigenvalue weighted by molar-refractivity contribution is 9.10. The number of hydrogen-bond donors (Lipinski definition) is 1. The lowest BCUT2D eigenvalue weighted by Crippen LogP contribution is -2.29. The number of benzene rings is 1. The second-order valence-corrected chi connectivity index (χ2v) is 6.12. The first kappa shape index (κ1) is 14.1. The Morgan fingerprint density at radius 3 is 2.76 bits per heavy atom. The predicted octanol–water partition coefficient (Wildman–Crippen LogP) is 3.16. The lowest BCUT2D eigenvalue weighted by atomic mass is 9.90. The van der Waals surface area contributed by atoms with E-state index in [0.29, 0.717) is 6.42 Å². The molecular weight excluding hydrogens is 330 g/mol. The van der Waals surface area contributed by atoms with Crippen molar-refractivity contribution in [2.24, 2.45) is 4.99 Å². The zero-order valence-corrected chi connectivity index (χ0v) is 13.5. The first-order valence-electron chi connectivity index (χ1n) is 6.72. The van der Waals surface area contributed by atoms with E-state index in [2.05, 4.69) is 20.9 Å². The number of phenols is 1. The van der Waals surface area contributed by atoms with Crippen LogP contribution in [0.2, 0.25) is 0 Å². The summed E-state index contributed by atoms with van der Waals surface area (Å²) >= 11 is 3.59. The van der Waals surface area contributed by atoms with E-state index in [4.69, 9.17) is 4.99 Å². The van der Waals surface area contributed by atoms with Crippen LogP contribution in [-0.4, -0.2) is 34.9 Å². The van der Waals surface area contributed by atoms with Crippen LogP contribution in [0.4, 0.5) is 0 Å². The van der Waals surface area contributed by atoms with E-state index < -0.39 is 0 Å². The fourth-order valence-corrected chi connectivity index (χ4v) is 3.07. The minimum atomic E-state index is -0.225. The van der Waals surface area contributed by atoms with Crippen LogP contribution in [0.25, 0.3) is 0 Å². The number of amidine groups is 1. The highest BCUT2D eigenvalue weighted by Gasteiger charge is 2.28. The van der Waals surface area contributed by atoms with Crippen molar-refractivity contribution in [2.45, 2.75) is 12.5 Å². The zero-order valence-electron chi connectivity index (χ0n) is 11.9. The van der Waals surface area contributed by atoms with Crippen LogP contribution in [-0.2, 0) is 6.42 Å². The van der Waals surface area contributed by atoms with Gasteiger partial charge >= 0.3 is 0 Å². The highest BCUT2D eigenvalue weighted by Crippen LogP contribution is 2.41. The first-order chi connectivity index (χ1) is 10.1. The van der Waals surface area contributed by atoms with Crippen LogP contribution in [0.1, 0.15) is 22.7 Å². The molecule has 108 valence electrons. The minimum Gasteiger partial charge on any atom is -0.508 e. The van der Waals surface area contributed by atoms with Gasteiger partial charge in [0.15, 0.2) is 0 Å². The average molecular weight is 346 g/mol. The van der Waals surface area contributed by atoms with E-state index in [1.165, 1.54) is 0 Å². The Balaban J connectivity index is 2.21. The molecule has 5 heteroatoms. The maximum absolute atomic E-state index is 10.3. The van der Waals surface area contributed by atoms with Gasteiger partial charge in [-0.25, -0.2) is 0 Å². The number of phenolic OH excluding ortho intramolecular Hbond substituents is 1. The van der Waals surface area contributed by atoms with E-state index in [1.54, 1.807) is 18.5 Å². The van der Waals surface area contributed by atoms with Crippen LogP contribution in [0.5, 0.6) is 5.75 Å². The molecule has 1 aromatic heterocycles. The number of hydrogen-bond acceptors (Lipinski definition) is 4. The van der Waals surface area contributed by atoms with Crippen LogP contribution >= 0.6 is 15.9 Å². The van der Waals surface area contributed by atoms with Crippen molar-refractivity contribution in [3.8, 4) is 5.75 Å². The Morgan fingerprint density at radius 2 is 2.10 bits per heavy atom. The average Bonchev–Trinajstić information content (AvgIpc) is 2.51.